The highest BCUT2D eigenvalue weighted by molar-refractivity contribution is 5.96. The van der Waals surface area contributed by atoms with E-state index in [0.29, 0.717) is 13.1 Å². The molecule has 2 heterocycles. The van der Waals surface area contributed by atoms with Gasteiger partial charge in [-0.2, -0.15) is 0 Å². The third-order valence-corrected chi connectivity index (χ3v) is 4.02. The predicted octanol–water partition coefficient (Wildman–Crippen LogP) is 2.81. The summed E-state index contributed by atoms with van der Waals surface area (Å²) in [6, 6.07) is 7.37. The molecular formula is C18H18FNO5. The molecule has 2 aromatic rings. The molecule has 1 amide bonds. The van der Waals surface area contributed by atoms with Crippen LogP contribution >= 0.6 is 0 Å². The first kappa shape index (κ1) is 17.2. The Labute approximate surface area is 144 Å². The second-order valence-corrected chi connectivity index (χ2v) is 5.89. The zero-order chi connectivity index (χ0) is 18.0. The van der Waals surface area contributed by atoms with Gasteiger partial charge in [0.15, 0.2) is 5.76 Å². The lowest BCUT2D eigenvalue weighted by molar-refractivity contribution is -0.0697. The van der Waals surface area contributed by atoms with Crippen molar-refractivity contribution in [1.29, 1.82) is 0 Å². The maximum atomic E-state index is 13.1. The van der Waals surface area contributed by atoms with Crippen LogP contribution in [0.1, 0.15) is 39.5 Å². The third-order valence-electron chi connectivity index (χ3n) is 4.02. The first-order valence-electron chi connectivity index (χ1n) is 7.85. The van der Waals surface area contributed by atoms with Crippen molar-refractivity contribution in [3.8, 4) is 0 Å². The fourth-order valence-electron chi connectivity index (χ4n) is 2.81. The molecule has 1 saturated heterocycles. The van der Waals surface area contributed by atoms with Crippen LogP contribution in [0.2, 0.25) is 0 Å². The van der Waals surface area contributed by atoms with Crippen LogP contribution in [0.4, 0.5) is 4.39 Å². The van der Waals surface area contributed by atoms with Gasteiger partial charge in [0.2, 0.25) is 0 Å². The van der Waals surface area contributed by atoms with Gasteiger partial charge in [0.25, 0.3) is 5.91 Å². The average Bonchev–Trinajstić information content (AvgIpc) is 3.10. The standard InChI is InChI=1S/C18H18FNO5/c1-11-8-20(9-16(25-11)12-3-5-14(19)6-4-12)17(21)15-7-13(10-24-15)18(22)23-2/h3-7,10-11,16H,8-9H2,1-2H3/t11-,16+/m0/s1. The molecule has 0 radical (unpaired) electrons. The van der Waals surface area contributed by atoms with Crippen LogP contribution in [0.15, 0.2) is 41.0 Å². The molecule has 0 spiro atoms. The summed E-state index contributed by atoms with van der Waals surface area (Å²) < 4.78 is 28.8. The van der Waals surface area contributed by atoms with E-state index in [1.807, 2.05) is 6.92 Å². The number of benzene rings is 1. The molecule has 1 aromatic heterocycles. The molecule has 6 nitrogen and oxygen atoms in total. The van der Waals surface area contributed by atoms with Gasteiger partial charge in [0, 0.05) is 12.6 Å². The third kappa shape index (κ3) is 3.71. The minimum Gasteiger partial charge on any atom is -0.465 e. The van der Waals surface area contributed by atoms with Gasteiger partial charge in [-0.3, -0.25) is 4.79 Å². The van der Waals surface area contributed by atoms with Crippen LogP contribution < -0.4 is 0 Å². The molecule has 3 rings (SSSR count). The largest absolute Gasteiger partial charge is 0.465 e. The molecule has 1 fully saturated rings. The Bertz CT molecular complexity index is 770. The molecule has 0 saturated carbocycles. The maximum Gasteiger partial charge on any atom is 0.341 e. The van der Waals surface area contributed by atoms with E-state index in [1.165, 1.54) is 31.6 Å². The van der Waals surface area contributed by atoms with Crippen LogP contribution in [0.25, 0.3) is 0 Å². The average molecular weight is 347 g/mol. The van der Waals surface area contributed by atoms with Crippen molar-refractivity contribution in [2.75, 3.05) is 20.2 Å². The predicted molar refractivity (Wildman–Crippen MR) is 85.6 cm³/mol. The van der Waals surface area contributed by atoms with E-state index in [9.17, 15) is 14.0 Å². The molecule has 1 aliphatic heterocycles. The zero-order valence-corrected chi connectivity index (χ0v) is 13.9. The van der Waals surface area contributed by atoms with Gasteiger partial charge in [-0.1, -0.05) is 12.1 Å². The summed E-state index contributed by atoms with van der Waals surface area (Å²) in [5, 5.41) is 0. The van der Waals surface area contributed by atoms with Gasteiger partial charge in [-0.15, -0.1) is 0 Å². The number of nitrogens with zero attached hydrogens (tertiary/aromatic N) is 1. The molecule has 0 aliphatic carbocycles. The Morgan fingerprint density at radius 1 is 1.24 bits per heavy atom. The van der Waals surface area contributed by atoms with E-state index in [2.05, 4.69) is 4.74 Å². The summed E-state index contributed by atoms with van der Waals surface area (Å²) in [6.45, 7) is 2.56. The SMILES string of the molecule is COC(=O)c1coc(C(=O)N2C[C@H](C)O[C@@H](c3ccc(F)cc3)C2)c1. The van der Waals surface area contributed by atoms with E-state index >= 15 is 0 Å². The van der Waals surface area contributed by atoms with Crippen LogP contribution in [-0.2, 0) is 9.47 Å². The van der Waals surface area contributed by atoms with E-state index in [-0.39, 0.29) is 35.3 Å². The van der Waals surface area contributed by atoms with E-state index in [4.69, 9.17) is 9.15 Å². The highest BCUT2D eigenvalue weighted by atomic mass is 19.1. The fourth-order valence-corrected chi connectivity index (χ4v) is 2.81. The molecule has 1 aliphatic rings. The van der Waals surface area contributed by atoms with Crippen molar-refractivity contribution in [3.05, 3.63) is 59.3 Å². The first-order valence-corrected chi connectivity index (χ1v) is 7.85. The second-order valence-electron chi connectivity index (χ2n) is 5.89. The van der Waals surface area contributed by atoms with Crippen molar-refractivity contribution >= 4 is 11.9 Å². The molecule has 0 N–H and O–H groups in total. The number of amides is 1. The molecule has 1 aromatic carbocycles. The lowest BCUT2D eigenvalue weighted by Crippen LogP contribution is -2.45. The Morgan fingerprint density at radius 3 is 2.64 bits per heavy atom. The number of carbonyl (C=O) groups excluding carboxylic acids is 2. The highest BCUT2D eigenvalue weighted by Crippen LogP contribution is 2.26. The number of methoxy groups -OCH3 is 1. The fraction of sp³-hybridized carbons (Fsp3) is 0.333. The topological polar surface area (TPSA) is 69.0 Å². The zero-order valence-electron chi connectivity index (χ0n) is 13.9. The van der Waals surface area contributed by atoms with Gasteiger partial charge >= 0.3 is 5.97 Å². The Kier molecular flexibility index (Phi) is 4.85. The molecular weight excluding hydrogens is 329 g/mol. The van der Waals surface area contributed by atoms with Crippen molar-refractivity contribution < 1.29 is 27.9 Å². The van der Waals surface area contributed by atoms with Crippen molar-refractivity contribution in [1.82, 2.24) is 4.90 Å². The first-order chi connectivity index (χ1) is 12.0. The number of rotatable bonds is 3. The number of hydrogen-bond donors (Lipinski definition) is 0. The summed E-state index contributed by atoms with van der Waals surface area (Å²) in [5.41, 5.74) is 0.975. The van der Waals surface area contributed by atoms with E-state index in [1.54, 1.807) is 17.0 Å². The summed E-state index contributed by atoms with van der Waals surface area (Å²) >= 11 is 0. The van der Waals surface area contributed by atoms with Crippen molar-refractivity contribution in [3.63, 3.8) is 0 Å². The Morgan fingerprint density at radius 2 is 1.96 bits per heavy atom. The number of ether oxygens (including phenoxy) is 2. The van der Waals surface area contributed by atoms with Gasteiger partial charge in [-0.05, 0) is 24.6 Å². The molecule has 7 heteroatoms. The van der Waals surface area contributed by atoms with Crippen LogP contribution in [0.3, 0.4) is 0 Å². The number of halogens is 1. The molecule has 0 bridgehead atoms. The summed E-state index contributed by atoms with van der Waals surface area (Å²) in [7, 11) is 1.26. The monoisotopic (exact) mass is 347 g/mol. The number of furan rings is 1. The van der Waals surface area contributed by atoms with Crippen molar-refractivity contribution in [2.45, 2.75) is 19.1 Å². The van der Waals surface area contributed by atoms with Crippen LogP contribution in [0.5, 0.6) is 0 Å². The number of carbonyl (C=O) groups is 2. The van der Waals surface area contributed by atoms with E-state index in [0.717, 1.165) is 5.56 Å². The highest BCUT2D eigenvalue weighted by Gasteiger charge is 2.31. The summed E-state index contributed by atoms with van der Waals surface area (Å²) in [4.78, 5) is 25.7. The van der Waals surface area contributed by atoms with Gasteiger partial charge in [0.05, 0.1) is 25.3 Å². The van der Waals surface area contributed by atoms with E-state index < -0.39 is 5.97 Å². The Balaban J connectivity index is 1.76. The Hall–Kier alpha value is -2.67. The second kappa shape index (κ2) is 7.06. The molecule has 25 heavy (non-hydrogen) atoms. The number of hydrogen-bond acceptors (Lipinski definition) is 5. The lowest BCUT2D eigenvalue weighted by atomic mass is 10.1. The minimum atomic E-state index is -0.567. The van der Waals surface area contributed by atoms with Crippen LogP contribution in [0, 0.1) is 5.82 Å². The number of esters is 1. The lowest BCUT2D eigenvalue weighted by Gasteiger charge is -2.36. The number of morpholine rings is 1. The summed E-state index contributed by atoms with van der Waals surface area (Å²) in [6.07, 6.45) is 0.645. The van der Waals surface area contributed by atoms with Crippen molar-refractivity contribution in [2.24, 2.45) is 0 Å². The molecule has 2 atom stereocenters. The van der Waals surface area contributed by atoms with Gasteiger partial charge in [0.1, 0.15) is 18.2 Å². The summed E-state index contributed by atoms with van der Waals surface area (Å²) in [5.74, 6) is -1.17. The van der Waals surface area contributed by atoms with Gasteiger partial charge in [-0.25, -0.2) is 9.18 Å². The smallest absolute Gasteiger partial charge is 0.341 e. The van der Waals surface area contributed by atoms with Crippen LogP contribution in [-0.4, -0.2) is 43.1 Å². The normalized spacial score (nSPS) is 20.4. The quantitative estimate of drug-likeness (QED) is 0.799. The maximum absolute atomic E-state index is 13.1. The molecule has 132 valence electrons. The van der Waals surface area contributed by atoms with Gasteiger partial charge < -0.3 is 18.8 Å². The molecule has 0 unspecified atom stereocenters. The minimum absolute atomic E-state index is 0.0624.